The smallest absolute Gasteiger partial charge is 0.224 e. The molecule has 64 valence electrons. The molecule has 0 radical (unpaired) electrons. The van der Waals surface area contributed by atoms with Gasteiger partial charge in [0, 0.05) is 12.5 Å². The van der Waals surface area contributed by atoms with Crippen LogP contribution in [0.25, 0.3) is 0 Å². The topological polar surface area (TPSA) is 26.3 Å². The fourth-order valence-electron chi connectivity index (χ4n) is 1.43. The fourth-order valence-corrected chi connectivity index (χ4v) is 1.61. The molecule has 0 saturated carbocycles. The minimum absolute atomic E-state index is 0.000386. The van der Waals surface area contributed by atoms with Crippen LogP contribution < -0.4 is 0 Å². The van der Waals surface area contributed by atoms with Gasteiger partial charge in [0.2, 0.25) is 5.24 Å². The van der Waals surface area contributed by atoms with Crippen LogP contribution in [-0.2, 0) is 9.53 Å². The lowest BCUT2D eigenvalue weighted by atomic mass is 9.89. The summed E-state index contributed by atoms with van der Waals surface area (Å²) in [6.07, 6.45) is 1.51. The minimum atomic E-state index is -0.221. The lowest BCUT2D eigenvalue weighted by molar-refractivity contribution is -0.125. The number of carbonyl (C=O) groups is 1. The van der Waals surface area contributed by atoms with Crippen molar-refractivity contribution in [2.24, 2.45) is 5.92 Å². The molecular weight excluding hydrogens is 164 g/mol. The first-order valence-corrected chi connectivity index (χ1v) is 4.22. The van der Waals surface area contributed by atoms with Crippen molar-refractivity contribution in [2.75, 3.05) is 6.61 Å². The first kappa shape index (κ1) is 9.01. The van der Waals surface area contributed by atoms with Crippen LogP contribution in [0.15, 0.2) is 0 Å². The summed E-state index contributed by atoms with van der Waals surface area (Å²) in [4.78, 5) is 10.8. The van der Waals surface area contributed by atoms with Crippen molar-refractivity contribution in [1.29, 1.82) is 0 Å². The van der Waals surface area contributed by atoms with E-state index in [9.17, 15) is 4.79 Å². The third kappa shape index (κ3) is 2.46. The van der Waals surface area contributed by atoms with Crippen molar-refractivity contribution in [1.82, 2.24) is 0 Å². The second kappa shape index (κ2) is 3.11. The maximum Gasteiger partial charge on any atom is 0.224 e. The lowest BCUT2D eigenvalue weighted by Gasteiger charge is -2.33. The van der Waals surface area contributed by atoms with Crippen LogP contribution in [-0.4, -0.2) is 17.5 Å². The molecule has 0 unspecified atom stereocenters. The Morgan fingerprint density at radius 2 is 2.27 bits per heavy atom. The lowest BCUT2D eigenvalue weighted by Crippen LogP contribution is -2.35. The normalized spacial score (nSPS) is 29.9. The van der Waals surface area contributed by atoms with Crippen LogP contribution in [0.1, 0.15) is 26.7 Å². The average molecular weight is 177 g/mol. The Labute approximate surface area is 71.9 Å². The van der Waals surface area contributed by atoms with Crippen LogP contribution in [0.2, 0.25) is 0 Å². The van der Waals surface area contributed by atoms with Crippen LogP contribution in [0.3, 0.4) is 0 Å². The summed E-state index contributed by atoms with van der Waals surface area (Å²) in [7, 11) is 0. The number of carbonyl (C=O) groups excluding carboxylic acids is 1. The SMILES string of the molecule is CC1(C)C[C@H](C(=O)Cl)CCO1. The van der Waals surface area contributed by atoms with E-state index in [1.807, 2.05) is 13.8 Å². The highest BCUT2D eigenvalue weighted by Crippen LogP contribution is 2.29. The van der Waals surface area contributed by atoms with Crippen molar-refractivity contribution in [3.63, 3.8) is 0 Å². The van der Waals surface area contributed by atoms with E-state index in [1.165, 1.54) is 0 Å². The molecule has 0 spiro atoms. The van der Waals surface area contributed by atoms with Crippen LogP contribution >= 0.6 is 11.6 Å². The molecule has 0 N–H and O–H groups in total. The Bertz CT molecular complexity index is 165. The van der Waals surface area contributed by atoms with Gasteiger partial charge < -0.3 is 4.74 Å². The largest absolute Gasteiger partial charge is 0.376 e. The highest BCUT2D eigenvalue weighted by Gasteiger charge is 2.31. The van der Waals surface area contributed by atoms with Crippen LogP contribution in [0, 0.1) is 5.92 Å². The molecule has 1 atom stereocenters. The van der Waals surface area contributed by atoms with Gasteiger partial charge in [-0.2, -0.15) is 0 Å². The molecule has 1 aliphatic rings. The Morgan fingerprint density at radius 1 is 1.64 bits per heavy atom. The van der Waals surface area contributed by atoms with Gasteiger partial charge >= 0.3 is 0 Å². The van der Waals surface area contributed by atoms with E-state index in [-0.39, 0.29) is 16.8 Å². The first-order valence-electron chi connectivity index (χ1n) is 3.84. The third-order valence-corrected chi connectivity index (χ3v) is 2.33. The number of halogens is 1. The molecule has 1 aliphatic heterocycles. The minimum Gasteiger partial charge on any atom is -0.376 e. The molecular formula is C8H13ClO2. The van der Waals surface area contributed by atoms with Gasteiger partial charge in [-0.1, -0.05) is 0 Å². The van der Waals surface area contributed by atoms with Gasteiger partial charge in [0.25, 0.3) is 0 Å². The number of hydrogen-bond acceptors (Lipinski definition) is 2. The Morgan fingerprint density at radius 3 is 2.64 bits per heavy atom. The summed E-state index contributed by atoms with van der Waals surface area (Å²) in [6, 6.07) is 0. The van der Waals surface area contributed by atoms with Crippen molar-refractivity contribution in [3.05, 3.63) is 0 Å². The zero-order chi connectivity index (χ0) is 8.48. The monoisotopic (exact) mass is 176 g/mol. The van der Waals surface area contributed by atoms with Gasteiger partial charge in [-0.05, 0) is 38.3 Å². The highest BCUT2D eigenvalue weighted by atomic mass is 35.5. The van der Waals surface area contributed by atoms with E-state index in [1.54, 1.807) is 0 Å². The molecule has 0 aromatic heterocycles. The fraction of sp³-hybridized carbons (Fsp3) is 0.875. The predicted octanol–water partition coefficient (Wildman–Crippen LogP) is 1.96. The maximum atomic E-state index is 10.8. The first-order chi connectivity index (χ1) is 5.01. The quantitative estimate of drug-likeness (QED) is 0.571. The molecule has 0 aliphatic carbocycles. The summed E-state index contributed by atoms with van der Waals surface area (Å²) in [5.41, 5.74) is -0.173. The zero-order valence-corrected chi connectivity index (χ0v) is 7.65. The molecule has 1 saturated heterocycles. The van der Waals surface area contributed by atoms with E-state index in [2.05, 4.69) is 0 Å². The van der Waals surface area contributed by atoms with Crippen molar-refractivity contribution in [2.45, 2.75) is 32.3 Å². The van der Waals surface area contributed by atoms with Gasteiger partial charge in [-0.3, -0.25) is 4.79 Å². The van der Waals surface area contributed by atoms with E-state index in [4.69, 9.17) is 16.3 Å². The molecule has 2 nitrogen and oxygen atoms in total. The molecule has 11 heavy (non-hydrogen) atoms. The van der Waals surface area contributed by atoms with Gasteiger partial charge in [0.05, 0.1) is 5.60 Å². The molecule has 0 aromatic rings. The average Bonchev–Trinajstić information content (AvgIpc) is 1.85. The third-order valence-electron chi connectivity index (χ3n) is 2.02. The van der Waals surface area contributed by atoms with Gasteiger partial charge in [-0.25, -0.2) is 0 Å². The summed E-state index contributed by atoms with van der Waals surface area (Å²) in [6.45, 7) is 4.62. The molecule has 1 heterocycles. The molecule has 1 rings (SSSR count). The van der Waals surface area contributed by atoms with E-state index in [0.717, 1.165) is 12.8 Å². The van der Waals surface area contributed by atoms with Crippen molar-refractivity contribution in [3.8, 4) is 0 Å². The Hall–Kier alpha value is -0.0800. The standard InChI is InChI=1S/C8H13ClO2/c1-8(2)5-6(7(9)10)3-4-11-8/h6H,3-5H2,1-2H3/t6-/m1/s1. The van der Waals surface area contributed by atoms with Gasteiger partial charge in [-0.15, -0.1) is 0 Å². The molecule has 1 fully saturated rings. The Balaban J connectivity index is 2.53. The van der Waals surface area contributed by atoms with E-state index < -0.39 is 0 Å². The summed E-state index contributed by atoms with van der Waals surface area (Å²) < 4.78 is 5.43. The summed E-state index contributed by atoms with van der Waals surface area (Å²) in [5.74, 6) is 0.000386. The van der Waals surface area contributed by atoms with Gasteiger partial charge in [0.15, 0.2) is 0 Å². The number of ether oxygens (including phenoxy) is 1. The van der Waals surface area contributed by atoms with Crippen molar-refractivity contribution >= 4 is 16.8 Å². The van der Waals surface area contributed by atoms with Gasteiger partial charge in [0.1, 0.15) is 0 Å². The number of rotatable bonds is 1. The predicted molar refractivity (Wildman–Crippen MR) is 43.6 cm³/mol. The second-order valence-corrected chi connectivity index (χ2v) is 3.97. The summed E-state index contributed by atoms with van der Waals surface area (Å²) >= 11 is 5.39. The summed E-state index contributed by atoms with van der Waals surface area (Å²) in [5, 5.41) is -0.221. The number of hydrogen-bond donors (Lipinski definition) is 0. The maximum absolute atomic E-state index is 10.8. The molecule has 0 aromatic carbocycles. The second-order valence-electron chi connectivity index (χ2n) is 3.60. The molecule has 3 heteroatoms. The molecule has 0 amide bonds. The van der Waals surface area contributed by atoms with Crippen LogP contribution in [0.4, 0.5) is 0 Å². The zero-order valence-electron chi connectivity index (χ0n) is 6.89. The van der Waals surface area contributed by atoms with Crippen LogP contribution in [0.5, 0.6) is 0 Å². The Kier molecular flexibility index (Phi) is 2.55. The van der Waals surface area contributed by atoms with Crippen molar-refractivity contribution < 1.29 is 9.53 Å². The molecule has 0 bridgehead atoms. The van der Waals surface area contributed by atoms with E-state index >= 15 is 0 Å². The van der Waals surface area contributed by atoms with E-state index in [0.29, 0.717) is 6.61 Å². The highest BCUT2D eigenvalue weighted by molar-refractivity contribution is 6.64.